The number of nitrogens with one attached hydrogen (secondary N) is 1. The van der Waals surface area contributed by atoms with Crippen molar-refractivity contribution in [3.8, 4) is 11.1 Å². The first-order valence-electron chi connectivity index (χ1n) is 6.32. The van der Waals surface area contributed by atoms with E-state index in [4.69, 9.17) is 5.11 Å². The maximum atomic E-state index is 11.5. The summed E-state index contributed by atoms with van der Waals surface area (Å²) in [7, 11) is 0. The maximum absolute atomic E-state index is 11.5. The topological polar surface area (TPSA) is 66.4 Å². The van der Waals surface area contributed by atoms with Crippen molar-refractivity contribution in [3.05, 3.63) is 54.6 Å². The lowest BCUT2D eigenvalue weighted by atomic mass is 10.1. The zero-order valence-corrected chi connectivity index (χ0v) is 10.9. The molecule has 0 atom stereocenters. The highest BCUT2D eigenvalue weighted by atomic mass is 16.4. The van der Waals surface area contributed by atoms with Gasteiger partial charge in [0.1, 0.15) is 0 Å². The zero-order valence-electron chi connectivity index (χ0n) is 10.9. The van der Waals surface area contributed by atoms with E-state index in [0.29, 0.717) is 5.69 Å². The second-order valence-electron chi connectivity index (χ2n) is 4.39. The minimum Gasteiger partial charge on any atom is -0.481 e. The fourth-order valence-corrected chi connectivity index (χ4v) is 1.82. The number of rotatable bonds is 5. The van der Waals surface area contributed by atoms with E-state index in [0.717, 1.165) is 11.1 Å². The highest BCUT2D eigenvalue weighted by Gasteiger charge is 2.05. The number of amides is 1. The van der Waals surface area contributed by atoms with E-state index in [2.05, 4.69) is 5.32 Å². The molecule has 0 spiro atoms. The number of carboxylic acid groups (broad SMARTS) is 1. The molecule has 4 nitrogen and oxygen atoms in total. The molecule has 0 saturated carbocycles. The Bertz CT molecular complexity index is 591. The number of hydrogen-bond donors (Lipinski definition) is 2. The van der Waals surface area contributed by atoms with Crippen molar-refractivity contribution >= 4 is 17.6 Å². The SMILES string of the molecule is O=C(O)CCC(=O)Nc1ccc(-c2ccccc2)cc1. The van der Waals surface area contributed by atoms with Crippen LogP contribution in [0.15, 0.2) is 54.6 Å². The van der Waals surface area contributed by atoms with Gasteiger partial charge in [-0.05, 0) is 23.3 Å². The number of carboxylic acids is 1. The molecule has 0 saturated heterocycles. The molecule has 4 heteroatoms. The van der Waals surface area contributed by atoms with Crippen LogP contribution in [0.25, 0.3) is 11.1 Å². The van der Waals surface area contributed by atoms with Gasteiger partial charge < -0.3 is 10.4 Å². The van der Waals surface area contributed by atoms with Crippen molar-refractivity contribution in [1.82, 2.24) is 0 Å². The Morgan fingerprint density at radius 2 is 1.45 bits per heavy atom. The molecule has 2 rings (SSSR count). The van der Waals surface area contributed by atoms with Crippen LogP contribution in [-0.2, 0) is 9.59 Å². The minimum atomic E-state index is -0.973. The Kier molecular flexibility index (Phi) is 4.50. The first kappa shape index (κ1) is 13.8. The Morgan fingerprint density at radius 1 is 0.850 bits per heavy atom. The van der Waals surface area contributed by atoms with Gasteiger partial charge in [0.05, 0.1) is 6.42 Å². The largest absolute Gasteiger partial charge is 0.481 e. The lowest BCUT2D eigenvalue weighted by molar-refractivity contribution is -0.138. The number of anilines is 1. The third-order valence-corrected chi connectivity index (χ3v) is 2.84. The Labute approximate surface area is 117 Å². The first-order chi connectivity index (χ1) is 9.65. The maximum Gasteiger partial charge on any atom is 0.303 e. The predicted octanol–water partition coefficient (Wildman–Crippen LogP) is 3.16. The quantitative estimate of drug-likeness (QED) is 0.876. The molecule has 20 heavy (non-hydrogen) atoms. The van der Waals surface area contributed by atoms with Crippen LogP contribution in [0.1, 0.15) is 12.8 Å². The smallest absolute Gasteiger partial charge is 0.303 e. The van der Waals surface area contributed by atoms with Crippen LogP contribution in [0.5, 0.6) is 0 Å². The van der Waals surface area contributed by atoms with Crippen LogP contribution in [-0.4, -0.2) is 17.0 Å². The summed E-state index contributed by atoms with van der Waals surface area (Å²) < 4.78 is 0. The first-order valence-corrected chi connectivity index (χ1v) is 6.32. The molecular formula is C16H15NO3. The van der Waals surface area contributed by atoms with Crippen molar-refractivity contribution in [3.63, 3.8) is 0 Å². The number of hydrogen-bond acceptors (Lipinski definition) is 2. The van der Waals surface area contributed by atoms with E-state index < -0.39 is 5.97 Å². The van der Waals surface area contributed by atoms with E-state index in [9.17, 15) is 9.59 Å². The fraction of sp³-hybridized carbons (Fsp3) is 0.125. The molecule has 0 heterocycles. The minimum absolute atomic E-state index is 0.0181. The lowest BCUT2D eigenvalue weighted by Crippen LogP contribution is -2.13. The molecule has 0 radical (unpaired) electrons. The molecule has 0 unspecified atom stereocenters. The van der Waals surface area contributed by atoms with Crippen LogP contribution in [0, 0.1) is 0 Å². The van der Waals surface area contributed by atoms with Crippen LogP contribution in [0.2, 0.25) is 0 Å². The van der Waals surface area contributed by atoms with Gasteiger partial charge >= 0.3 is 5.97 Å². The Hall–Kier alpha value is -2.62. The average Bonchev–Trinajstić information content (AvgIpc) is 2.47. The molecule has 0 aliphatic carbocycles. The molecule has 0 aliphatic rings. The summed E-state index contributed by atoms with van der Waals surface area (Å²) in [5.41, 5.74) is 2.84. The van der Waals surface area contributed by atoms with Gasteiger partial charge in [-0.2, -0.15) is 0 Å². The summed E-state index contributed by atoms with van der Waals surface area (Å²) in [5, 5.41) is 11.2. The van der Waals surface area contributed by atoms with E-state index in [-0.39, 0.29) is 18.7 Å². The van der Waals surface area contributed by atoms with Gasteiger partial charge in [-0.15, -0.1) is 0 Å². The van der Waals surface area contributed by atoms with Crippen molar-refractivity contribution in [1.29, 1.82) is 0 Å². The van der Waals surface area contributed by atoms with Gasteiger partial charge in [-0.25, -0.2) is 0 Å². The summed E-state index contributed by atoms with van der Waals surface area (Å²) in [6, 6.07) is 17.4. The van der Waals surface area contributed by atoms with E-state index in [1.54, 1.807) is 12.1 Å². The van der Waals surface area contributed by atoms with Crippen molar-refractivity contribution in [2.75, 3.05) is 5.32 Å². The monoisotopic (exact) mass is 269 g/mol. The average molecular weight is 269 g/mol. The molecule has 0 aliphatic heterocycles. The molecule has 0 aromatic heterocycles. The van der Waals surface area contributed by atoms with E-state index >= 15 is 0 Å². The standard InChI is InChI=1S/C16H15NO3/c18-15(10-11-16(19)20)17-14-8-6-13(7-9-14)12-4-2-1-3-5-12/h1-9H,10-11H2,(H,17,18)(H,19,20). The summed E-state index contributed by atoms with van der Waals surface area (Å²) in [5.74, 6) is -1.26. The molecule has 2 aromatic carbocycles. The van der Waals surface area contributed by atoms with Gasteiger partial charge in [0, 0.05) is 12.1 Å². The third kappa shape index (κ3) is 3.95. The van der Waals surface area contributed by atoms with Crippen LogP contribution < -0.4 is 5.32 Å². The van der Waals surface area contributed by atoms with Gasteiger partial charge in [0.2, 0.25) is 5.91 Å². The van der Waals surface area contributed by atoms with Crippen LogP contribution >= 0.6 is 0 Å². The molecule has 0 bridgehead atoms. The highest BCUT2D eigenvalue weighted by Crippen LogP contribution is 2.21. The summed E-state index contributed by atoms with van der Waals surface area (Å²) in [6.45, 7) is 0. The molecule has 2 N–H and O–H groups in total. The predicted molar refractivity (Wildman–Crippen MR) is 77.4 cm³/mol. The zero-order chi connectivity index (χ0) is 14.4. The molecule has 2 aromatic rings. The number of benzene rings is 2. The number of aliphatic carboxylic acids is 1. The lowest BCUT2D eigenvalue weighted by Gasteiger charge is -2.06. The van der Waals surface area contributed by atoms with Gasteiger partial charge in [-0.1, -0.05) is 42.5 Å². The highest BCUT2D eigenvalue weighted by molar-refractivity contribution is 5.92. The van der Waals surface area contributed by atoms with E-state index in [1.807, 2.05) is 42.5 Å². The van der Waals surface area contributed by atoms with Gasteiger partial charge in [0.15, 0.2) is 0 Å². The van der Waals surface area contributed by atoms with Crippen molar-refractivity contribution in [2.24, 2.45) is 0 Å². The molecule has 1 amide bonds. The summed E-state index contributed by atoms with van der Waals surface area (Å²) >= 11 is 0. The second kappa shape index (κ2) is 6.52. The number of carbonyl (C=O) groups is 2. The normalized spacial score (nSPS) is 10.0. The summed E-state index contributed by atoms with van der Waals surface area (Å²) in [6.07, 6.45) is -0.177. The molecule has 102 valence electrons. The van der Waals surface area contributed by atoms with Crippen LogP contribution in [0.3, 0.4) is 0 Å². The van der Waals surface area contributed by atoms with Crippen LogP contribution in [0.4, 0.5) is 5.69 Å². The van der Waals surface area contributed by atoms with Crippen molar-refractivity contribution in [2.45, 2.75) is 12.8 Å². The molecule has 0 fully saturated rings. The molecular weight excluding hydrogens is 254 g/mol. The Balaban J connectivity index is 1.98. The van der Waals surface area contributed by atoms with Crippen molar-refractivity contribution < 1.29 is 14.7 Å². The van der Waals surface area contributed by atoms with Gasteiger partial charge in [0.25, 0.3) is 0 Å². The van der Waals surface area contributed by atoms with Gasteiger partial charge in [-0.3, -0.25) is 9.59 Å². The Morgan fingerprint density at radius 3 is 2.05 bits per heavy atom. The second-order valence-corrected chi connectivity index (χ2v) is 4.39. The summed E-state index contributed by atoms with van der Waals surface area (Å²) in [4.78, 5) is 21.9. The number of carbonyl (C=O) groups excluding carboxylic acids is 1. The third-order valence-electron chi connectivity index (χ3n) is 2.84. The van der Waals surface area contributed by atoms with E-state index in [1.165, 1.54) is 0 Å². The fourth-order valence-electron chi connectivity index (χ4n) is 1.82.